The molecule has 0 aliphatic carbocycles. The zero-order chi connectivity index (χ0) is 13.0. The van der Waals surface area contributed by atoms with E-state index in [1.165, 1.54) is 0 Å². The molecular weight excluding hydrogens is 242 g/mol. The maximum absolute atomic E-state index is 12.5. The highest BCUT2D eigenvalue weighted by Gasteiger charge is 2.06. The lowest BCUT2D eigenvalue weighted by Gasteiger charge is -2.06. The highest BCUT2D eigenvalue weighted by Crippen LogP contribution is 2.19. The summed E-state index contributed by atoms with van der Waals surface area (Å²) in [6.07, 6.45) is 1.64. The molecule has 2 aromatic rings. The molecular formula is C15H15NOS. The van der Waals surface area contributed by atoms with Gasteiger partial charge in [0.1, 0.15) is 0 Å². The summed E-state index contributed by atoms with van der Waals surface area (Å²) in [5, 5.41) is 0. The Hall–Kier alpha value is -1.87. The molecule has 0 saturated carbocycles. The Balaban J connectivity index is 2.40. The Kier molecular flexibility index (Phi) is 3.63. The fourth-order valence-corrected chi connectivity index (χ4v) is 2.91. The van der Waals surface area contributed by atoms with Gasteiger partial charge in [0, 0.05) is 16.7 Å². The molecule has 1 unspecified atom stereocenters. The van der Waals surface area contributed by atoms with Gasteiger partial charge < -0.3 is 0 Å². The van der Waals surface area contributed by atoms with Crippen molar-refractivity contribution in [3.63, 3.8) is 0 Å². The lowest BCUT2D eigenvalue weighted by atomic mass is 10.2. The summed E-state index contributed by atoms with van der Waals surface area (Å²) < 4.78 is 16.8. The zero-order valence-electron chi connectivity index (χ0n) is 10.2. The molecule has 2 aromatic carbocycles. The van der Waals surface area contributed by atoms with E-state index in [0.29, 0.717) is 5.70 Å². The second-order valence-corrected chi connectivity index (χ2v) is 6.28. The summed E-state index contributed by atoms with van der Waals surface area (Å²) in [6.45, 7) is 3.89. The summed E-state index contributed by atoms with van der Waals surface area (Å²) in [4.78, 5) is 0.724. The molecule has 0 fully saturated rings. The highest BCUT2D eigenvalue weighted by molar-refractivity contribution is 7.93. The first-order chi connectivity index (χ1) is 8.59. The molecule has 3 heteroatoms. The molecule has 0 saturated heterocycles. The summed E-state index contributed by atoms with van der Waals surface area (Å²) in [5.74, 6) is 0. The largest absolute Gasteiger partial charge is 0.245 e. The number of hydrogen-bond donors (Lipinski definition) is 0. The first-order valence-corrected chi connectivity index (χ1v) is 7.53. The number of hydrogen-bond acceptors (Lipinski definition) is 2. The van der Waals surface area contributed by atoms with Crippen molar-refractivity contribution in [3.05, 3.63) is 72.8 Å². The van der Waals surface area contributed by atoms with Crippen molar-refractivity contribution in [1.29, 1.82) is 0 Å². The van der Waals surface area contributed by atoms with Crippen LogP contribution in [0.2, 0.25) is 0 Å². The summed E-state index contributed by atoms with van der Waals surface area (Å²) in [7, 11) is -2.43. The minimum atomic E-state index is -2.43. The van der Waals surface area contributed by atoms with Gasteiger partial charge in [-0.05, 0) is 12.1 Å². The summed E-state index contributed by atoms with van der Waals surface area (Å²) in [5.41, 5.74) is 1.44. The monoisotopic (exact) mass is 257 g/mol. The van der Waals surface area contributed by atoms with Crippen molar-refractivity contribution in [2.45, 2.75) is 4.90 Å². The van der Waals surface area contributed by atoms with Crippen LogP contribution in [0.5, 0.6) is 0 Å². The quantitative estimate of drug-likeness (QED) is 0.822. The first kappa shape index (κ1) is 12.6. The van der Waals surface area contributed by atoms with Crippen LogP contribution in [0.1, 0.15) is 5.56 Å². The molecule has 0 aliphatic heterocycles. The van der Waals surface area contributed by atoms with Crippen molar-refractivity contribution < 1.29 is 4.21 Å². The maximum atomic E-state index is 12.5. The molecule has 0 bridgehead atoms. The van der Waals surface area contributed by atoms with Crippen LogP contribution in [0.3, 0.4) is 0 Å². The van der Waals surface area contributed by atoms with E-state index in [2.05, 4.69) is 10.9 Å². The van der Waals surface area contributed by atoms with Crippen molar-refractivity contribution in [2.24, 2.45) is 4.36 Å². The highest BCUT2D eigenvalue weighted by atomic mass is 32.2. The van der Waals surface area contributed by atoms with Gasteiger partial charge in [-0.2, -0.15) is 4.36 Å². The predicted molar refractivity (Wildman–Crippen MR) is 76.7 cm³/mol. The van der Waals surface area contributed by atoms with E-state index in [4.69, 9.17) is 0 Å². The van der Waals surface area contributed by atoms with Crippen LogP contribution >= 0.6 is 0 Å². The lowest BCUT2D eigenvalue weighted by molar-refractivity contribution is 0.681. The third-order valence-corrected chi connectivity index (χ3v) is 4.29. The summed E-state index contributed by atoms with van der Waals surface area (Å²) >= 11 is 0. The molecule has 0 aliphatic rings. The van der Waals surface area contributed by atoms with Crippen LogP contribution in [-0.4, -0.2) is 10.5 Å². The van der Waals surface area contributed by atoms with Gasteiger partial charge in [0.15, 0.2) is 0 Å². The average molecular weight is 257 g/mol. The molecule has 0 spiro atoms. The van der Waals surface area contributed by atoms with E-state index >= 15 is 0 Å². The maximum Gasteiger partial charge on any atom is 0.0771 e. The third kappa shape index (κ3) is 2.87. The molecule has 0 radical (unpaired) electrons. The SMILES string of the molecule is C=C(N=S(C)(=O)c1ccccc1)c1ccccc1. The van der Waals surface area contributed by atoms with Gasteiger partial charge in [-0.15, -0.1) is 0 Å². The van der Waals surface area contributed by atoms with Crippen LogP contribution in [0.15, 0.2) is 76.5 Å². The van der Waals surface area contributed by atoms with Gasteiger partial charge in [0.2, 0.25) is 0 Å². The lowest BCUT2D eigenvalue weighted by Crippen LogP contribution is -1.97. The standard InChI is InChI=1S/C15H15NOS/c1-13(14-9-5-3-6-10-14)16-18(2,17)15-11-7-4-8-12-15/h3-12H,1H2,2H3. The average Bonchev–Trinajstić information content (AvgIpc) is 2.40. The Morgan fingerprint density at radius 3 is 2.06 bits per heavy atom. The summed E-state index contributed by atoms with van der Waals surface area (Å²) in [6, 6.07) is 18.8. The van der Waals surface area contributed by atoms with E-state index in [0.717, 1.165) is 10.5 Å². The Morgan fingerprint density at radius 1 is 1.00 bits per heavy atom. The molecule has 18 heavy (non-hydrogen) atoms. The fraction of sp³-hybridized carbons (Fsp3) is 0.0667. The zero-order valence-corrected chi connectivity index (χ0v) is 11.1. The van der Waals surface area contributed by atoms with Gasteiger partial charge in [0.05, 0.1) is 15.4 Å². The topological polar surface area (TPSA) is 29.4 Å². The van der Waals surface area contributed by atoms with E-state index in [9.17, 15) is 4.21 Å². The van der Waals surface area contributed by atoms with Crippen LogP contribution < -0.4 is 0 Å². The van der Waals surface area contributed by atoms with Crippen molar-refractivity contribution in [1.82, 2.24) is 0 Å². The molecule has 1 atom stereocenters. The van der Waals surface area contributed by atoms with Crippen molar-refractivity contribution >= 4 is 15.4 Å². The minimum Gasteiger partial charge on any atom is -0.245 e. The van der Waals surface area contributed by atoms with Crippen LogP contribution in [0.4, 0.5) is 0 Å². The fourth-order valence-electron chi connectivity index (χ4n) is 1.62. The minimum absolute atomic E-state index is 0.548. The second kappa shape index (κ2) is 5.19. The predicted octanol–water partition coefficient (Wildman–Crippen LogP) is 3.81. The van der Waals surface area contributed by atoms with Gasteiger partial charge in [-0.3, -0.25) is 0 Å². The van der Waals surface area contributed by atoms with Gasteiger partial charge >= 0.3 is 0 Å². The van der Waals surface area contributed by atoms with Crippen LogP contribution in [0, 0.1) is 0 Å². The third-order valence-electron chi connectivity index (χ3n) is 2.57. The van der Waals surface area contributed by atoms with Gasteiger partial charge in [0.25, 0.3) is 0 Å². The number of benzene rings is 2. The van der Waals surface area contributed by atoms with Crippen molar-refractivity contribution in [2.75, 3.05) is 6.26 Å². The Morgan fingerprint density at radius 2 is 1.50 bits per heavy atom. The second-order valence-electron chi connectivity index (χ2n) is 4.02. The molecule has 2 rings (SSSR count). The molecule has 92 valence electrons. The van der Waals surface area contributed by atoms with Crippen LogP contribution in [-0.2, 0) is 9.73 Å². The molecule has 0 amide bonds. The van der Waals surface area contributed by atoms with Crippen molar-refractivity contribution in [3.8, 4) is 0 Å². The van der Waals surface area contributed by atoms with E-state index in [1.807, 2.05) is 60.7 Å². The van der Waals surface area contributed by atoms with Crippen LogP contribution in [0.25, 0.3) is 5.70 Å². The Labute approximate surface area is 108 Å². The van der Waals surface area contributed by atoms with Gasteiger partial charge in [-0.25, -0.2) is 4.21 Å². The molecule has 0 aromatic heterocycles. The molecule has 0 heterocycles. The normalized spacial score (nSPS) is 13.6. The molecule has 0 N–H and O–H groups in total. The number of nitrogens with zero attached hydrogens (tertiary/aromatic N) is 1. The first-order valence-electron chi connectivity index (χ1n) is 5.61. The smallest absolute Gasteiger partial charge is 0.0771 e. The molecule has 2 nitrogen and oxygen atoms in total. The van der Waals surface area contributed by atoms with E-state index in [1.54, 1.807) is 6.26 Å². The van der Waals surface area contributed by atoms with E-state index in [-0.39, 0.29) is 0 Å². The van der Waals surface area contributed by atoms with E-state index < -0.39 is 9.73 Å². The van der Waals surface area contributed by atoms with Gasteiger partial charge in [-0.1, -0.05) is 55.1 Å². The number of rotatable bonds is 3. The Bertz CT molecular complexity index is 653.